The van der Waals surface area contributed by atoms with Crippen LogP contribution in [-0.2, 0) is 4.74 Å². The molecule has 0 atom stereocenters. The van der Waals surface area contributed by atoms with Crippen molar-refractivity contribution in [2.45, 2.75) is 102 Å². The van der Waals surface area contributed by atoms with E-state index in [-0.39, 0.29) is 0 Å². The number of aliphatic imine (C=N–C) groups is 1. The Balaban J connectivity index is 1.28. The number of ether oxygens (including phenoxy) is 1. The maximum atomic E-state index is 6.08. The lowest BCUT2D eigenvalue weighted by atomic mass is 9.92. The zero-order chi connectivity index (χ0) is 18.7. The standard InChI is InChI=1S/C22H42N4O/c1-23-22(24-15-18-27-21-11-7-2-3-8-12-21)25-19-13-16-26(17-14-19)20-9-5-4-6-10-20/h19-21H,2-18H2,1H3,(H2,23,24,25). The number of hydrogen-bond donors (Lipinski definition) is 2. The molecule has 0 radical (unpaired) electrons. The fourth-order valence-corrected chi connectivity index (χ4v) is 5.05. The zero-order valence-corrected chi connectivity index (χ0v) is 17.6. The van der Waals surface area contributed by atoms with Gasteiger partial charge in [-0.05, 0) is 38.5 Å². The topological polar surface area (TPSA) is 48.9 Å². The number of hydrogen-bond acceptors (Lipinski definition) is 3. The Hall–Kier alpha value is -0.810. The lowest BCUT2D eigenvalue weighted by Gasteiger charge is -2.39. The molecule has 1 saturated heterocycles. The van der Waals surface area contributed by atoms with Crippen LogP contribution in [0.15, 0.2) is 4.99 Å². The average Bonchev–Trinajstić information content (AvgIpc) is 3.00. The number of nitrogens with zero attached hydrogens (tertiary/aromatic N) is 2. The maximum Gasteiger partial charge on any atom is 0.191 e. The molecule has 2 aliphatic carbocycles. The van der Waals surface area contributed by atoms with E-state index in [1.165, 1.54) is 96.6 Å². The number of guanidine groups is 1. The molecule has 1 heterocycles. The predicted molar refractivity (Wildman–Crippen MR) is 113 cm³/mol. The molecule has 3 aliphatic rings. The number of rotatable bonds is 6. The van der Waals surface area contributed by atoms with Crippen molar-refractivity contribution < 1.29 is 4.74 Å². The average molecular weight is 379 g/mol. The molecule has 156 valence electrons. The van der Waals surface area contributed by atoms with Gasteiger partial charge in [0.15, 0.2) is 5.96 Å². The van der Waals surface area contributed by atoms with Crippen LogP contribution >= 0.6 is 0 Å². The summed E-state index contributed by atoms with van der Waals surface area (Å²) < 4.78 is 6.08. The zero-order valence-electron chi connectivity index (χ0n) is 17.6. The van der Waals surface area contributed by atoms with Crippen LogP contribution < -0.4 is 10.6 Å². The van der Waals surface area contributed by atoms with E-state index in [2.05, 4.69) is 20.5 Å². The lowest BCUT2D eigenvalue weighted by molar-refractivity contribution is 0.0467. The van der Waals surface area contributed by atoms with Gasteiger partial charge in [0.1, 0.15) is 0 Å². The first-order chi connectivity index (χ1) is 13.3. The van der Waals surface area contributed by atoms with Crippen LogP contribution in [0.3, 0.4) is 0 Å². The minimum absolute atomic E-state index is 0.480. The van der Waals surface area contributed by atoms with Gasteiger partial charge in [0.25, 0.3) is 0 Å². The quantitative estimate of drug-likeness (QED) is 0.320. The molecule has 0 aromatic rings. The minimum atomic E-state index is 0.480. The van der Waals surface area contributed by atoms with Gasteiger partial charge in [-0.15, -0.1) is 0 Å². The summed E-state index contributed by atoms with van der Waals surface area (Å²) in [6.45, 7) is 4.11. The molecular weight excluding hydrogens is 336 g/mol. The molecule has 5 nitrogen and oxygen atoms in total. The fourth-order valence-electron chi connectivity index (χ4n) is 5.05. The number of likely N-dealkylation sites (tertiary alicyclic amines) is 1. The van der Waals surface area contributed by atoms with Crippen molar-refractivity contribution in [2.24, 2.45) is 4.99 Å². The second kappa shape index (κ2) is 11.9. The highest BCUT2D eigenvalue weighted by Crippen LogP contribution is 2.25. The summed E-state index contributed by atoms with van der Waals surface area (Å²) >= 11 is 0. The van der Waals surface area contributed by atoms with Crippen molar-refractivity contribution >= 4 is 5.96 Å². The Bertz CT molecular complexity index is 420. The molecule has 0 amide bonds. The van der Waals surface area contributed by atoms with E-state index in [0.717, 1.165) is 25.2 Å². The molecule has 3 rings (SSSR count). The Labute approximate surface area is 166 Å². The summed E-state index contributed by atoms with van der Waals surface area (Å²) in [6.07, 6.45) is 18.0. The maximum absolute atomic E-state index is 6.08. The van der Waals surface area contributed by atoms with Crippen LogP contribution in [0.1, 0.15) is 83.5 Å². The third-order valence-corrected chi connectivity index (χ3v) is 6.74. The van der Waals surface area contributed by atoms with Gasteiger partial charge in [-0.3, -0.25) is 4.99 Å². The second-order valence-electron chi connectivity index (χ2n) is 8.73. The highest BCUT2D eigenvalue weighted by molar-refractivity contribution is 5.79. The molecule has 0 aromatic carbocycles. The van der Waals surface area contributed by atoms with Crippen molar-refractivity contribution in [3.63, 3.8) is 0 Å². The van der Waals surface area contributed by atoms with E-state index < -0.39 is 0 Å². The summed E-state index contributed by atoms with van der Waals surface area (Å²) in [5.41, 5.74) is 0. The van der Waals surface area contributed by atoms with Crippen LogP contribution in [0.25, 0.3) is 0 Å². The van der Waals surface area contributed by atoms with E-state index in [1.807, 2.05) is 7.05 Å². The van der Waals surface area contributed by atoms with Crippen molar-refractivity contribution in [2.75, 3.05) is 33.3 Å². The van der Waals surface area contributed by atoms with Gasteiger partial charge in [-0.1, -0.05) is 44.9 Å². The first-order valence-corrected chi connectivity index (χ1v) is 11.7. The van der Waals surface area contributed by atoms with E-state index in [0.29, 0.717) is 12.1 Å². The van der Waals surface area contributed by atoms with Gasteiger partial charge in [-0.2, -0.15) is 0 Å². The summed E-state index contributed by atoms with van der Waals surface area (Å²) in [5, 5.41) is 7.08. The van der Waals surface area contributed by atoms with Crippen molar-refractivity contribution in [3.05, 3.63) is 0 Å². The largest absolute Gasteiger partial charge is 0.376 e. The van der Waals surface area contributed by atoms with Gasteiger partial charge in [-0.25, -0.2) is 0 Å². The van der Waals surface area contributed by atoms with Crippen LogP contribution in [-0.4, -0.2) is 62.3 Å². The lowest BCUT2D eigenvalue weighted by Crippen LogP contribution is -2.51. The van der Waals surface area contributed by atoms with Crippen LogP contribution in [0.4, 0.5) is 0 Å². The van der Waals surface area contributed by atoms with Gasteiger partial charge < -0.3 is 20.3 Å². The van der Waals surface area contributed by atoms with Crippen molar-refractivity contribution in [1.82, 2.24) is 15.5 Å². The molecule has 0 bridgehead atoms. The van der Waals surface area contributed by atoms with Crippen LogP contribution in [0, 0.1) is 0 Å². The highest BCUT2D eigenvalue weighted by atomic mass is 16.5. The van der Waals surface area contributed by atoms with E-state index in [1.54, 1.807) is 0 Å². The molecule has 0 spiro atoms. The van der Waals surface area contributed by atoms with Gasteiger partial charge in [0.2, 0.25) is 0 Å². The first kappa shape index (κ1) is 20.9. The van der Waals surface area contributed by atoms with Crippen LogP contribution in [0.2, 0.25) is 0 Å². The SMILES string of the molecule is CN=C(NCCOC1CCCCCC1)NC1CCN(C2CCCCC2)CC1. The third kappa shape index (κ3) is 7.26. The molecule has 5 heteroatoms. The summed E-state index contributed by atoms with van der Waals surface area (Å²) in [5.74, 6) is 0.940. The summed E-state index contributed by atoms with van der Waals surface area (Å²) in [6, 6.07) is 1.41. The summed E-state index contributed by atoms with van der Waals surface area (Å²) in [7, 11) is 1.87. The van der Waals surface area contributed by atoms with E-state index in [9.17, 15) is 0 Å². The van der Waals surface area contributed by atoms with Gasteiger partial charge in [0, 0.05) is 38.8 Å². The van der Waals surface area contributed by atoms with E-state index in [4.69, 9.17) is 4.74 Å². The Morgan fingerprint density at radius 1 is 0.889 bits per heavy atom. The monoisotopic (exact) mass is 378 g/mol. The fraction of sp³-hybridized carbons (Fsp3) is 0.955. The Kier molecular flexibility index (Phi) is 9.22. The smallest absolute Gasteiger partial charge is 0.191 e. The normalized spacial score (nSPS) is 25.3. The Morgan fingerprint density at radius 3 is 2.19 bits per heavy atom. The van der Waals surface area contributed by atoms with Crippen LogP contribution in [0.5, 0.6) is 0 Å². The molecule has 3 fully saturated rings. The first-order valence-electron chi connectivity index (χ1n) is 11.7. The molecule has 2 N–H and O–H groups in total. The minimum Gasteiger partial charge on any atom is -0.376 e. The molecule has 0 aromatic heterocycles. The number of nitrogens with one attached hydrogen (secondary N) is 2. The van der Waals surface area contributed by atoms with E-state index >= 15 is 0 Å². The third-order valence-electron chi connectivity index (χ3n) is 6.74. The number of piperidine rings is 1. The van der Waals surface area contributed by atoms with Gasteiger partial charge in [0.05, 0.1) is 12.7 Å². The highest BCUT2D eigenvalue weighted by Gasteiger charge is 2.26. The van der Waals surface area contributed by atoms with Crippen molar-refractivity contribution in [3.8, 4) is 0 Å². The molecule has 27 heavy (non-hydrogen) atoms. The molecule has 1 aliphatic heterocycles. The summed E-state index contributed by atoms with van der Waals surface area (Å²) in [4.78, 5) is 7.16. The molecular formula is C22H42N4O. The van der Waals surface area contributed by atoms with Crippen molar-refractivity contribution in [1.29, 1.82) is 0 Å². The molecule has 2 saturated carbocycles. The second-order valence-corrected chi connectivity index (χ2v) is 8.73. The Morgan fingerprint density at radius 2 is 1.52 bits per heavy atom. The predicted octanol–water partition coefficient (Wildman–Crippen LogP) is 3.69. The molecule has 0 unspecified atom stereocenters. The van der Waals surface area contributed by atoms with Gasteiger partial charge >= 0.3 is 0 Å².